The Kier molecular flexibility index (Phi) is 4.84. The van der Waals surface area contributed by atoms with E-state index in [1.165, 1.54) is 18.0 Å². The van der Waals surface area contributed by atoms with Gasteiger partial charge in [-0.1, -0.05) is 29.8 Å². The first-order valence-electron chi connectivity index (χ1n) is 6.57. The van der Waals surface area contributed by atoms with Gasteiger partial charge >= 0.3 is 5.97 Å². The number of aryl methyl sites for hydroxylation is 1. The summed E-state index contributed by atoms with van der Waals surface area (Å²) in [5.74, 6) is -0.682. The van der Waals surface area contributed by atoms with Gasteiger partial charge in [0.2, 0.25) is 0 Å². The summed E-state index contributed by atoms with van der Waals surface area (Å²) in [6.45, 7) is 1.96. The standard InChI is InChI=1S/C15H17N3O3/c1-10-2-4-11(5-3-10)6-12(9-19)18-14-8-16-13(7-17-14)15(20)21/h2-5,7-8,12,19H,6,9H2,1H3,(H,17,18)(H,20,21). The maximum Gasteiger partial charge on any atom is 0.356 e. The maximum atomic E-state index is 10.7. The molecule has 0 saturated heterocycles. The lowest BCUT2D eigenvalue weighted by Crippen LogP contribution is -2.27. The van der Waals surface area contributed by atoms with Crippen molar-refractivity contribution < 1.29 is 15.0 Å². The van der Waals surface area contributed by atoms with Crippen LogP contribution in [-0.2, 0) is 6.42 Å². The fourth-order valence-electron chi connectivity index (χ4n) is 1.89. The van der Waals surface area contributed by atoms with E-state index in [0.29, 0.717) is 12.2 Å². The Morgan fingerprint density at radius 1 is 1.24 bits per heavy atom. The minimum absolute atomic E-state index is 0.0593. The Morgan fingerprint density at radius 2 is 1.95 bits per heavy atom. The zero-order valence-electron chi connectivity index (χ0n) is 11.7. The number of aliphatic hydroxyl groups excluding tert-OH is 1. The number of aliphatic hydroxyl groups is 1. The molecule has 0 amide bonds. The van der Waals surface area contributed by atoms with Crippen LogP contribution in [0, 0.1) is 6.92 Å². The molecule has 1 heterocycles. The van der Waals surface area contributed by atoms with Crippen molar-refractivity contribution in [3.63, 3.8) is 0 Å². The van der Waals surface area contributed by atoms with E-state index in [0.717, 1.165) is 5.56 Å². The SMILES string of the molecule is Cc1ccc(CC(CO)Nc2cnc(C(=O)O)cn2)cc1. The van der Waals surface area contributed by atoms with Crippen LogP contribution in [0.25, 0.3) is 0 Å². The van der Waals surface area contributed by atoms with Gasteiger partial charge in [0.25, 0.3) is 0 Å². The number of carbonyl (C=O) groups is 1. The molecule has 0 aliphatic carbocycles. The number of hydrogen-bond acceptors (Lipinski definition) is 5. The van der Waals surface area contributed by atoms with Crippen molar-refractivity contribution in [1.29, 1.82) is 0 Å². The van der Waals surface area contributed by atoms with Crippen LogP contribution in [-0.4, -0.2) is 38.8 Å². The highest BCUT2D eigenvalue weighted by Gasteiger charge is 2.10. The molecule has 0 fully saturated rings. The molecule has 0 aliphatic heterocycles. The lowest BCUT2D eigenvalue weighted by molar-refractivity contribution is 0.0690. The first-order chi connectivity index (χ1) is 10.1. The molecule has 0 aliphatic rings. The molecule has 1 aromatic carbocycles. The average molecular weight is 287 g/mol. The number of rotatable bonds is 6. The summed E-state index contributed by atoms with van der Waals surface area (Å²) in [6.07, 6.45) is 3.17. The number of nitrogens with zero attached hydrogens (tertiary/aromatic N) is 2. The van der Waals surface area contributed by atoms with Gasteiger partial charge in [-0.3, -0.25) is 0 Å². The van der Waals surface area contributed by atoms with E-state index >= 15 is 0 Å². The molecule has 21 heavy (non-hydrogen) atoms. The van der Waals surface area contributed by atoms with Gasteiger partial charge in [0.15, 0.2) is 5.69 Å². The summed E-state index contributed by atoms with van der Waals surface area (Å²) < 4.78 is 0. The summed E-state index contributed by atoms with van der Waals surface area (Å²) in [6, 6.07) is 7.85. The highest BCUT2D eigenvalue weighted by atomic mass is 16.4. The maximum absolute atomic E-state index is 10.7. The van der Waals surface area contributed by atoms with Gasteiger partial charge in [0.1, 0.15) is 5.82 Å². The largest absolute Gasteiger partial charge is 0.476 e. The molecule has 6 heteroatoms. The smallest absolute Gasteiger partial charge is 0.356 e. The summed E-state index contributed by atoms with van der Waals surface area (Å²) in [5, 5.41) is 21.2. The summed E-state index contributed by atoms with van der Waals surface area (Å²) >= 11 is 0. The summed E-state index contributed by atoms with van der Waals surface area (Å²) in [5.41, 5.74) is 2.17. The first-order valence-corrected chi connectivity index (χ1v) is 6.57. The highest BCUT2D eigenvalue weighted by molar-refractivity contribution is 5.84. The summed E-state index contributed by atoms with van der Waals surface area (Å²) in [4.78, 5) is 18.5. The topological polar surface area (TPSA) is 95.3 Å². The van der Waals surface area contributed by atoms with Crippen LogP contribution >= 0.6 is 0 Å². The lowest BCUT2D eigenvalue weighted by Gasteiger charge is -2.16. The van der Waals surface area contributed by atoms with Crippen LogP contribution in [0.2, 0.25) is 0 Å². The van der Waals surface area contributed by atoms with Crippen molar-refractivity contribution in [3.8, 4) is 0 Å². The van der Waals surface area contributed by atoms with Gasteiger partial charge in [-0.05, 0) is 18.9 Å². The number of carboxylic acid groups (broad SMARTS) is 1. The number of aromatic nitrogens is 2. The van der Waals surface area contributed by atoms with E-state index in [-0.39, 0.29) is 18.3 Å². The molecule has 2 rings (SSSR count). The second-order valence-corrected chi connectivity index (χ2v) is 4.81. The van der Waals surface area contributed by atoms with E-state index in [4.69, 9.17) is 5.11 Å². The van der Waals surface area contributed by atoms with Gasteiger partial charge < -0.3 is 15.5 Å². The fraction of sp³-hybridized carbons (Fsp3) is 0.267. The van der Waals surface area contributed by atoms with Gasteiger partial charge in [0, 0.05) is 0 Å². The van der Waals surface area contributed by atoms with Crippen molar-refractivity contribution in [1.82, 2.24) is 9.97 Å². The van der Waals surface area contributed by atoms with Crippen LogP contribution in [0.4, 0.5) is 5.82 Å². The molecular weight excluding hydrogens is 270 g/mol. The quantitative estimate of drug-likeness (QED) is 0.745. The second-order valence-electron chi connectivity index (χ2n) is 4.81. The highest BCUT2D eigenvalue weighted by Crippen LogP contribution is 2.10. The normalized spacial score (nSPS) is 11.9. The van der Waals surface area contributed by atoms with Crippen LogP contribution in [0.5, 0.6) is 0 Å². The summed E-state index contributed by atoms with van der Waals surface area (Å²) in [7, 11) is 0. The molecule has 0 saturated carbocycles. The number of benzene rings is 1. The molecule has 1 aromatic heterocycles. The third kappa shape index (κ3) is 4.25. The molecular formula is C15H17N3O3. The van der Waals surface area contributed by atoms with Crippen LogP contribution in [0.1, 0.15) is 21.6 Å². The van der Waals surface area contributed by atoms with Crippen molar-refractivity contribution >= 4 is 11.8 Å². The molecule has 2 aromatic rings. The number of nitrogens with one attached hydrogen (secondary N) is 1. The monoisotopic (exact) mass is 287 g/mol. The van der Waals surface area contributed by atoms with E-state index in [1.807, 2.05) is 31.2 Å². The zero-order valence-corrected chi connectivity index (χ0v) is 11.7. The van der Waals surface area contributed by atoms with Gasteiger partial charge in [0.05, 0.1) is 25.0 Å². The Balaban J connectivity index is 2.01. The van der Waals surface area contributed by atoms with Crippen molar-refractivity contribution in [2.75, 3.05) is 11.9 Å². The lowest BCUT2D eigenvalue weighted by atomic mass is 10.1. The Labute approximate surface area is 122 Å². The predicted molar refractivity (Wildman–Crippen MR) is 78.4 cm³/mol. The third-order valence-corrected chi connectivity index (χ3v) is 3.05. The molecule has 0 radical (unpaired) electrons. The molecule has 1 atom stereocenters. The first kappa shape index (κ1) is 14.9. The number of hydrogen-bond donors (Lipinski definition) is 3. The molecule has 3 N–H and O–H groups in total. The number of carboxylic acids is 1. The van der Waals surface area contributed by atoms with Gasteiger partial charge in [-0.25, -0.2) is 14.8 Å². The Hall–Kier alpha value is -2.47. The average Bonchev–Trinajstić information content (AvgIpc) is 2.49. The predicted octanol–water partition coefficient (Wildman–Crippen LogP) is 1.50. The number of anilines is 1. The molecule has 0 spiro atoms. The molecule has 6 nitrogen and oxygen atoms in total. The minimum atomic E-state index is -1.12. The van der Waals surface area contributed by atoms with Crippen molar-refractivity contribution in [3.05, 3.63) is 53.5 Å². The van der Waals surface area contributed by atoms with E-state index in [1.54, 1.807) is 0 Å². The van der Waals surface area contributed by atoms with Gasteiger partial charge in [-0.15, -0.1) is 0 Å². The van der Waals surface area contributed by atoms with Crippen LogP contribution in [0.15, 0.2) is 36.7 Å². The van der Waals surface area contributed by atoms with Gasteiger partial charge in [-0.2, -0.15) is 0 Å². The van der Waals surface area contributed by atoms with E-state index in [2.05, 4.69) is 15.3 Å². The number of aromatic carboxylic acids is 1. The molecule has 0 bridgehead atoms. The van der Waals surface area contributed by atoms with Crippen LogP contribution < -0.4 is 5.32 Å². The zero-order chi connectivity index (χ0) is 15.2. The van der Waals surface area contributed by atoms with E-state index < -0.39 is 5.97 Å². The second kappa shape index (κ2) is 6.81. The van der Waals surface area contributed by atoms with Crippen LogP contribution in [0.3, 0.4) is 0 Å². The Bertz CT molecular complexity index is 597. The van der Waals surface area contributed by atoms with E-state index in [9.17, 15) is 9.90 Å². The third-order valence-electron chi connectivity index (χ3n) is 3.05. The Morgan fingerprint density at radius 3 is 2.48 bits per heavy atom. The fourth-order valence-corrected chi connectivity index (χ4v) is 1.89. The minimum Gasteiger partial charge on any atom is -0.476 e. The molecule has 1 unspecified atom stereocenters. The van der Waals surface area contributed by atoms with Crippen molar-refractivity contribution in [2.45, 2.75) is 19.4 Å². The van der Waals surface area contributed by atoms with Crippen molar-refractivity contribution in [2.24, 2.45) is 0 Å². The molecule has 110 valence electrons.